The lowest BCUT2D eigenvalue weighted by atomic mass is 10.1. The van der Waals surface area contributed by atoms with Gasteiger partial charge in [-0.3, -0.25) is 0 Å². The van der Waals surface area contributed by atoms with Crippen molar-refractivity contribution in [2.75, 3.05) is 6.54 Å². The summed E-state index contributed by atoms with van der Waals surface area (Å²) in [5.74, 6) is 0.748. The Balaban J connectivity index is 2.22. The summed E-state index contributed by atoms with van der Waals surface area (Å²) in [6.45, 7) is 9.86. The molecule has 0 saturated heterocycles. The first kappa shape index (κ1) is 14.1. The predicted octanol–water partition coefficient (Wildman–Crippen LogP) is 4.19. The van der Waals surface area contributed by atoms with E-state index in [1.165, 1.54) is 29.3 Å². The van der Waals surface area contributed by atoms with Gasteiger partial charge in [-0.25, -0.2) is 0 Å². The van der Waals surface area contributed by atoms with Crippen LogP contribution in [0.5, 0.6) is 0 Å². The Morgan fingerprint density at radius 2 is 2.05 bits per heavy atom. The molecule has 0 aliphatic heterocycles. The number of benzene rings is 1. The number of fused-ring (bicyclic) bond motifs is 1. The zero-order chi connectivity index (χ0) is 13.7. The minimum absolute atomic E-state index is 0.748. The average molecular weight is 258 g/mol. The zero-order valence-corrected chi connectivity index (χ0v) is 12.4. The molecule has 2 rings (SSSR count). The average Bonchev–Trinajstić information content (AvgIpc) is 2.80. The molecule has 0 spiro atoms. The fourth-order valence-corrected chi connectivity index (χ4v) is 2.78. The van der Waals surface area contributed by atoms with Gasteiger partial charge in [0.25, 0.3) is 0 Å². The molecule has 1 N–H and O–H groups in total. The van der Waals surface area contributed by atoms with Gasteiger partial charge in [-0.2, -0.15) is 0 Å². The van der Waals surface area contributed by atoms with E-state index in [1.54, 1.807) is 0 Å². The van der Waals surface area contributed by atoms with Crippen LogP contribution >= 0.6 is 0 Å². The molecule has 0 radical (unpaired) electrons. The fraction of sp³-hybridized carbons (Fsp3) is 0.529. The number of hydrogen-bond acceptors (Lipinski definition) is 1. The van der Waals surface area contributed by atoms with Crippen molar-refractivity contribution >= 4 is 10.9 Å². The summed E-state index contributed by atoms with van der Waals surface area (Å²) in [5, 5.41) is 4.81. The minimum atomic E-state index is 0.748. The first-order valence-corrected chi connectivity index (χ1v) is 7.53. The maximum atomic E-state index is 3.42. The van der Waals surface area contributed by atoms with Crippen LogP contribution in [0.25, 0.3) is 10.9 Å². The van der Waals surface area contributed by atoms with E-state index >= 15 is 0 Å². The maximum Gasteiger partial charge on any atom is 0.0483 e. The van der Waals surface area contributed by atoms with Crippen molar-refractivity contribution in [1.29, 1.82) is 0 Å². The van der Waals surface area contributed by atoms with Gasteiger partial charge in [0.1, 0.15) is 0 Å². The summed E-state index contributed by atoms with van der Waals surface area (Å²) < 4.78 is 2.41. The third kappa shape index (κ3) is 3.38. The lowest BCUT2D eigenvalue weighted by Crippen LogP contribution is -2.12. The lowest BCUT2D eigenvalue weighted by molar-refractivity contribution is 0.453. The minimum Gasteiger partial charge on any atom is -0.347 e. The highest BCUT2D eigenvalue weighted by atomic mass is 15.0. The molecule has 1 unspecified atom stereocenters. The molecule has 1 heterocycles. The van der Waals surface area contributed by atoms with E-state index in [-0.39, 0.29) is 0 Å². The molecule has 1 atom stereocenters. The van der Waals surface area contributed by atoms with Gasteiger partial charge >= 0.3 is 0 Å². The van der Waals surface area contributed by atoms with Gasteiger partial charge in [-0.05, 0) is 36.6 Å². The Bertz CT molecular complexity index is 513. The fourth-order valence-electron chi connectivity index (χ4n) is 2.78. The molecule has 2 aromatic rings. The van der Waals surface area contributed by atoms with Crippen LogP contribution in [0.15, 0.2) is 30.5 Å². The van der Waals surface area contributed by atoms with Gasteiger partial charge in [0.2, 0.25) is 0 Å². The second-order valence-electron chi connectivity index (χ2n) is 5.49. The Kier molecular flexibility index (Phi) is 5.03. The van der Waals surface area contributed by atoms with Gasteiger partial charge in [0.05, 0.1) is 0 Å². The third-order valence-corrected chi connectivity index (χ3v) is 3.76. The van der Waals surface area contributed by atoms with Crippen LogP contribution in [0.2, 0.25) is 0 Å². The van der Waals surface area contributed by atoms with E-state index in [1.807, 2.05) is 0 Å². The second kappa shape index (κ2) is 6.76. The van der Waals surface area contributed by atoms with Crippen LogP contribution in [0.1, 0.15) is 39.2 Å². The first-order valence-electron chi connectivity index (χ1n) is 7.53. The number of aromatic nitrogens is 1. The highest BCUT2D eigenvalue weighted by Crippen LogP contribution is 2.22. The molecular weight excluding hydrogens is 232 g/mol. The van der Waals surface area contributed by atoms with Crippen molar-refractivity contribution < 1.29 is 0 Å². The number of rotatable bonds is 7. The molecule has 0 amide bonds. The van der Waals surface area contributed by atoms with Gasteiger partial charge in [0.15, 0.2) is 0 Å². The summed E-state index contributed by atoms with van der Waals surface area (Å²) in [5.41, 5.74) is 2.78. The third-order valence-electron chi connectivity index (χ3n) is 3.76. The summed E-state index contributed by atoms with van der Waals surface area (Å²) in [7, 11) is 0. The molecule has 1 aromatic heterocycles. The van der Waals surface area contributed by atoms with E-state index in [2.05, 4.69) is 61.1 Å². The Labute approximate surface area is 116 Å². The summed E-state index contributed by atoms with van der Waals surface area (Å²) in [4.78, 5) is 0. The van der Waals surface area contributed by atoms with Crippen LogP contribution in [-0.4, -0.2) is 11.1 Å². The van der Waals surface area contributed by atoms with Gasteiger partial charge in [-0.1, -0.05) is 39.3 Å². The van der Waals surface area contributed by atoms with E-state index in [0.29, 0.717) is 0 Å². The summed E-state index contributed by atoms with van der Waals surface area (Å²) in [6.07, 6.45) is 4.81. The molecule has 0 bridgehead atoms. The number of nitrogens with zero attached hydrogens (tertiary/aromatic N) is 1. The standard InChI is InChI=1S/C17H26N2/c1-4-7-14(3)13-19-11-10-16-15(12-18-5-2)8-6-9-17(16)19/h6,8-11,14,18H,4-5,7,12-13H2,1-3H3. The highest BCUT2D eigenvalue weighted by molar-refractivity contribution is 5.83. The summed E-state index contributed by atoms with van der Waals surface area (Å²) in [6, 6.07) is 8.91. The first-order chi connectivity index (χ1) is 9.26. The Morgan fingerprint density at radius 1 is 1.21 bits per heavy atom. The van der Waals surface area contributed by atoms with Crippen molar-refractivity contribution in [3.05, 3.63) is 36.0 Å². The Morgan fingerprint density at radius 3 is 2.79 bits per heavy atom. The van der Waals surface area contributed by atoms with Crippen molar-refractivity contribution in [2.24, 2.45) is 5.92 Å². The molecule has 0 aliphatic carbocycles. The molecule has 2 heteroatoms. The monoisotopic (exact) mass is 258 g/mol. The molecule has 0 fully saturated rings. The van der Waals surface area contributed by atoms with Gasteiger partial charge in [-0.15, -0.1) is 0 Å². The Hall–Kier alpha value is -1.28. The van der Waals surface area contributed by atoms with Crippen molar-refractivity contribution in [2.45, 2.75) is 46.7 Å². The number of hydrogen-bond donors (Lipinski definition) is 1. The maximum absolute atomic E-state index is 3.42. The van der Waals surface area contributed by atoms with E-state index in [4.69, 9.17) is 0 Å². The summed E-state index contributed by atoms with van der Waals surface area (Å²) >= 11 is 0. The van der Waals surface area contributed by atoms with E-state index in [0.717, 1.165) is 25.6 Å². The molecular formula is C17H26N2. The lowest BCUT2D eigenvalue weighted by Gasteiger charge is -2.13. The van der Waals surface area contributed by atoms with Crippen LogP contribution in [0.3, 0.4) is 0 Å². The normalized spacial score (nSPS) is 13.0. The van der Waals surface area contributed by atoms with Gasteiger partial charge in [0, 0.05) is 30.2 Å². The molecule has 0 saturated carbocycles. The van der Waals surface area contributed by atoms with Crippen molar-refractivity contribution in [3.8, 4) is 0 Å². The van der Waals surface area contributed by atoms with E-state index < -0.39 is 0 Å². The van der Waals surface area contributed by atoms with Crippen LogP contribution in [0.4, 0.5) is 0 Å². The smallest absolute Gasteiger partial charge is 0.0483 e. The molecule has 104 valence electrons. The molecule has 0 aliphatic rings. The van der Waals surface area contributed by atoms with Gasteiger partial charge < -0.3 is 9.88 Å². The zero-order valence-electron chi connectivity index (χ0n) is 12.4. The molecule has 1 aromatic carbocycles. The topological polar surface area (TPSA) is 17.0 Å². The molecule has 19 heavy (non-hydrogen) atoms. The van der Waals surface area contributed by atoms with Crippen LogP contribution in [-0.2, 0) is 13.1 Å². The SMILES string of the molecule is CCCC(C)Cn1ccc2c(CNCC)cccc21. The quantitative estimate of drug-likeness (QED) is 0.788. The highest BCUT2D eigenvalue weighted by Gasteiger charge is 2.07. The molecule has 2 nitrogen and oxygen atoms in total. The van der Waals surface area contributed by atoms with Crippen LogP contribution in [0, 0.1) is 5.92 Å². The van der Waals surface area contributed by atoms with Crippen molar-refractivity contribution in [3.63, 3.8) is 0 Å². The largest absolute Gasteiger partial charge is 0.347 e. The van der Waals surface area contributed by atoms with Crippen LogP contribution < -0.4 is 5.32 Å². The number of nitrogens with one attached hydrogen (secondary N) is 1. The predicted molar refractivity (Wildman–Crippen MR) is 83.4 cm³/mol. The van der Waals surface area contributed by atoms with Crippen molar-refractivity contribution in [1.82, 2.24) is 9.88 Å². The second-order valence-corrected chi connectivity index (χ2v) is 5.49. The van der Waals surface area contributed by atoms with E-state index in [9.17, 15) is 0 Å².